The van der Waals surface area contributed by atoms with Gasteiger partial charge in [0, 0.05) is 76.0 Å². The zero-order valence-electron chi connectivity index (χ0n) is 20.5. The molecule has 34 heavy (non-hydrogen) atoms. The van der Waals surface area contributed by atoms with Gasteiger partial charge in [-0.05, 0) is 19.4 Å². The summed E-state index contributed by atoms with van der Waals surface area (Å²) in [6.07, 6.45) is -4.96. The smallest absolute Gasteiger partial charge is 0.120 e. The van der Waals surface area contributed by atoms with Crippen molar-refractivity contribution in [1.82, 2.24) is 4.90 Å². The van der Waals surface area contributed by atoms with Gasteiger partial charge in [-0.1, -0.05) is 0 Å². The van der Waals surface area contributed by atoms with Gasteiger partial charge in [0.25, 0.3) is 0 Å². The molecule has 0 aromatic rings. The number of aliphatic hydroxyl groups is 5. The monoisotopic (exact) mass is 485 g/mol. The first kappa shape index (κ1) is 24.0. The fourth-order valence-corrected chi connectivity index (χ4v) is 10.9. The van der Waals surface area contributed by atoms with E-state index in [9.17, 15) is 25.5 Å². The van der Waals surface area contributed by atoms with Crippen LogP contribution in [0.25, 0.3) is 0 Å². The Morgan fingerprint density at radius 3 is 2.24 bits per heavy atom. The number of methoxy groups -OCH3 is 4. The van der Waals surface area contributed by atoms with Crippen molar-refractivity contribution in [2.75, 3.05) is 48.6 Å². The van der Waals surface area contributed by atoms with E-state index in [4.69, 9.17) is 18.9 Å². The largest absolute Gasteiger partial charge is 0.392 e. The van der Waals surface area contributed by atoms with E-state index < -0.39 is 76.4 Å². The molecule has 1 heterocycles. The van der Waals surface area contributed by atoms with Gasteiger partial charge in [0.2, 0.25) is 0 Å². The Balaban J connectivity index is 1.67. The van der Waals surface area contributed by atoms with Crippen LogP contribution in [0.15, 0.2) is 0 Å². The lowest BCUT2D eigenvalue weighted by Gasteiger charge is -2.69. The summed E-state index contributed by atoms with van der Waals surface area (Å²) in [6, 6.07) is -0.254. The van der Waals surface area contributed by atoms with E-state index in [1.807, 2.05) is 7.05 Å². The number of rotatable bonds is 5. The van der Waals surface area contributed by atoms with Gasteiger partial charge in [-0.2, -0.15) is 0 Å². The van der Waals surface area contributed by atoms with Crippen LogP contribution in [0.1, 0.15) is 12.8 Å². The number of nitrogens with zero attached hydrogens (tertiary/aromatic N) is 1. The van der Waals surface area contributed by atoms with Crippen molar-refractivity contribution >= 4 is 0 Å². The summed E-state index contributed by atoms with van der Waals surface area (Å²) in [5, 5.41) is 58.9. The molecule has 6 fully saturated rings. The molecule has 10 heteroatoms. The van der Waals surface area contributed by atoms with E-state index in [2.05, 4.69) is 4.90 Å². The van der Waals surface area contributed by atoms with Crippen molar-refractivity contribution in [3.8, 4) is 0 Å². The Morgan fingerprint density at radius 1 is 0.941 bits per heavy atom. The van der Waals surface area contributed by atoms with Crippen LogP contribution in [0.2, 0.25) is 0 Å². The molecule has 1 aliphatic heterocycles. The van der Waals surface area contributed by atoms with Gasteiger partial charge in [-0.25, -0.2) is 0 Å². The molecule has 5 aliphatic carbocycles. The summed E-state index contributed by atoms with van der Waals surface area (Å²) < 4.78 is 23.6. The van der Waals surface area contributed by atoms with Crippen LogP contribution in [-0.2, 0) is 18.9 Å². The van der Waals surface area contributed by atoms with Gasteiger partial charge in [0.1, 0.15) is 23.4 Å². The maximum atomic E-state index is 12.5. The fourth-order valence-electron chi connectivity index (χ4n) is 10.9. The minimum absolute atomic E-state index is 0.153. The van der Waals surface area contributed by atoms with Crippen molar-refractivity contribution in [2.45, 2.75) is 66.7 Å². The summed E-state index contributed by atoms with van der Waals surface area (Å²) in [5.74, 6) is -2.05. The lowest BCUT2D eigenvalue weighted by Crippen LogP contribution is -2.80. The Labute approximate surface area is 199 Å². The zero-order chi connectivity index (χ0) is 24.6. The van der Waals surface area contributed by atoms with Crippen molar-refractivity contribution < 1.29 is 44.5 Å². The molecule has 194 valence electrons. The summed E-state index contributed by atoms with van der Waals surface area (Å²) in [4.78, 5) is 2.17. The molecule has 10 nitrogen and oxygen atoms in total. The molecule has 0 aromatic carbocycles. The number of likely N-dealkylation sites (tertiary alicyclic amines) is 1. The number of fused-ring (bicyclic) bond motifs is 2. The molecular formula is C24H39NO9. The minimum Gasteiger partial charge on any atom is -0.392 e. The van der Waals surface area contributed by atoms with Crippen LogP contribution < -0.4 is 0 Å². The third-order valence-electron chi connectivity index (χ3n) is 11.4. The minimum atomic E-state index is -1.76. The summed E-state index contributed by atoms with van der Waals surface area (Å²) in [6.45, 7) is 0.836. The molecule has 5 saturated carbocycles. The number of aliphatic hydroxyl groups excluding tert-OH is 3. The average Bonchev–Trinajstić information content (AvgIpc) is 3.17. The first-order valence-corrected chi connectivity index (χ1v) is 12.3. The lowest BCUT2D eigenvalue weighted by molar-refractivity contribution is -0.319. The molecule has 0 amide bonds. The van der Waals surface area contributed by atoms with Gasteiger partial charge in [0.15, 0.2) is 0 Å². The maximum Gasteiger partial charge on any atom is 0.120 e. The predicted molar refractivity (Wildman–Crippen MR) is 117 cm³/mol. The highest BCUT2D eigenvalue weighted by molar-refractivity contribution is 5.39. The summed E-state index contributed by atoms with van der Waals surface area (Å²) >= 11 is 0. The normalized spacial score (nSPS) is 63.9. The molecule has 15 atom stereocenters. The van der Waals surface area contributed by atoms with Crippen molar-refractivity contribution in [2.24, 2.45) is 34.5 Å². The van der Waals surface area contributed by atoms with Gasteiger partial charge in [-0.3, -0.25) is 0 Å². The van der Waals surface area contributed by atoms with E-state index in [1.54, 1.807) is 21.3 Å². The predicted octanol–water partition coefficient (Wildman–Crippen LogP) is -2.18. The molecule has 7 bridgehead atoms. The standard InChI is InChI=1S/C24H39NO9/c1-25-8-21(9-31-2)11(26)6-12(32-3)23-10-7-22(29)18(27)13(10)24(30,19(28)20(22)34-5)14(17(23)25)15(33-4)16(21)23/h10-20,26-30H,6-9H2,1-5H3/t10-,11-,12+,13-,14?,15+,16-,17-,18-,19+,20+,21+,22-,23+,24-/m1/s1. The summed E-state index contributed by atoms with van der Waals surface area (Å²) in [5.41, 5.74) is -4.81. The van der Waals surface area contributed by atoms with Crippen LogP contribution in [0.3, 0.4) is 0 Å². The van der Waals surface area contributed by atoms with Crippen LogP contribution in [-0.4, -0.2) is 133 Å². The quantitative estimate of drug-likeness (QED) is 0.292. The molecule has 6 aliphatic rings. The Hall–Kier alpha value is -0.400. The molecule has 0 aromatic heterocycles. The third kappa shape index (κ3) is 2.14. The second-order valence-corrected chi connectivity index (χ2v) is 12.0. The molecular weight excluding hydrogens is 446 g/mol. The number of hydrogen-bond donors (Lipinski definition) is 5. The highest BCUT2D eigenvalue weighted by atomic mass is 16.5. The van der Waals surface area contributed by atoms with Crippen molar-refractivity contribution in [3.63, 3.8) is 0 Å². The molecule has 5 N–H and O–H groups in total. The average molecular weight is 486 g/mol. The summed E-state index contributed by atoms with van der Waals surface area (Å²) in [7, 11) is 8.24. The van der Waals surface area contributed by atoms with Gasteiger partial charge in [-0.15, -0.1) is 0 Å². The molecule has 1 saturated heterocycles. The van der Waals surface area contributed by atoms with Crippen LogP contribution >= 0.6 is 0 Å². The van der Waals surface area contributed by atoms with E-state index >= 15 is 0 Å². The van der Waals surface area contributed by atoms with Gasteiger partial charge >= 0.3 is 0 Å². The molecule has 1 unspecified atom stereocenters. The number of piperidine rings is 1. The third-order valence-corrected chi connectivity index (χ3v) is 11.4. The second kappa shape index (κ2) is 7.12. The molecule has 1 spiro atoms. The van der Waals surface area contributed by atoms with Crippen molar-refractivity contribution in [1.29, 1.82) is 0 Å². The SMILES string of the molecule is COC[C@]12CN(C)[C@@H]3C4[C@H](OC)[C@H]1[C@@]3([C@@H](OC)C[C@H]2O)[C@@H]1C[C@@]2(O)[C@H](O)[C@@H]1[C@]4(O)[C@@H](O)[C@@H]2OC. The Morgan fingerprint density at radius 2 is 1.65 bits per heavy atom. The van der Waals surface area contributed by atoms with E-state index in [0.717, 1.165) is 0 Å². The molecule has 6 rings (SSSR count). The van der Waals surface area contributed by atoms with Gasteiger partial charge in [0.05, 0.1) is 31.0 Å². The van der Waals surface area contributed by atoms with E-state index in [0.29, 0.717) is 19.6 Å². The van der Waals surface area contributed by atoms with Crippen LogP contribution in [0, 0.1) is 34.5 Å². The van der Waals surface area contributed by atoms with E-state index in [-0.39, 0.29) is 18.4 Å². The number of ether oxygens (including phenoxy) is 4. The topological polar surface area (TPSA) is 141 Å². The Kier molecular flexibility index (Phi) is 5.02. The Bertz CT molecular complexity index is 862. The highest BCUT2D eigenvalue weighted by Gasteiger charge is 2.90. The first-order valence-electron chi connectivity index (χ1n) is 12.3. The first-order chi connectivity index (χ1) is 16.1. The van der Waals surface area contributed by atoms with Gasteiger partial charge < -0.3 is 49.4 Å². The number of hydrogen-bond acceptors (Lipinski definition) is 10. The van der Waals surface area contributed by atoms with Crippen LogP contribution in [0.5, 0.6) is 0 Å². The molecule has 0 radical (unpaired) electrons. The zero-order valence-corrected chi connectivity index (χ0v) is 20.5. The lowest BCUT2D eigenvalue weighted by atomic mass is 9.42. The highest BCUT2D eigenvalue weighted by Crippen LogP contribution is 2.79. The fraction of sp³-hybridized carbons (Fsp3) is 1.00. The van der Waals surface area contributed by atoms with E-state index in [1.165, 1.54) is 7.11 Å². The van der Waals surface area contributed by atoms with Crippen molar-refractivity contribution in [3.05, 3.63) is 0 Å². The maximum absolute atomic E-state index is 12.5. The van der Waals surface area contributed by atoms with Crippen LogP contribution in [0.4, 0.5) is 0 Å². The second-order valence-electron chi connectivity index (χ2n) is 12.0.